The lowest BCUT2D eigenvalue weighted by molar-refractivity contribution is -0.178. The zero-order valence-electron chi connectivity index (χ0n) is 14.7. The highest BCUT2D eigenvalue weighted by Crippen LogP contribution is 2.39. The number of nitrogens with zero attached hydrogens (tertiary/aromatic N) is 4. The normalized spacial score (nSPS) is 27.3. The van der Waals surface area contributed by atoms with Crippen LogP contribution in [-0.2, 0) is 4.74 Å². The molecule has 154 valence electrons. The molecule has 4 rings (SSSR count). The second-order valence-electron chi connectivity index (χ2n) is 6.31. The number of thiazole rings is 1. The van der Waals surface area contributed by atoms with Crippen molar-refractivity contribution in [3.8, 4) is 10.7 Å². The molecule has 0 spiro atoms. The first-order valence-electron chi connectivity index (χ1n) is 8.54. The molecule has 0 amide bonds. The monoisotopic (exact) mass is 518 g/mol. The lowest BCUT2D eigenvalue weighted by Gasteiger charge is -2.41. The van der Waals surface area contributed by atoms with Crippen LogP contribution >= 0.6 is 50.6 Å². The number of hydrogen-bond donors (Lipinski definition) is 3. The molecule has 3 aromatic rings. The molecule has 8 nitrogen and oxygen atoms in total. The molecule has 0 bridgehead atoms. The van der Waals surface area contributed by atoms with Gasteiger partial charge in [0.25, 0.3) is 0 Å². The zero-order valence-corrected chi connectivity index (χ0v) is 18.6. The fourth-order valence-electron chi connectivity index (χ4n) is 3.03. The highest BCUT2D eigenvalue weighted by molar-refractivity contribution is 9.10. The van der Waals surface area contributed by atoms with Crippen LogP contribution in [0.5, 0.6) is 0 Å². The van der Waals surface area contributed by atoms with Crippen molar-refractivity contribution in [2.45, 2.75) is 34.7 Å². The van der Waals surface area contributed by atoms with E-state index in [4.69, 9.17) is 16.3 Å². The van der Waals surface area contributed by atoms with E-state index in [0.29, 0.717) is 20.2 Å². The van der Waals surface area contributed by atoms with Gasteiger partial charge in [0.05, 0.1) is 17.8 Å². The molecular weight excluding hydrogens is 504 g/mol. The lowest BCUT2D eigenvalue weighted by Crippen LogP contribution is -2.55. The Morgan fingerprint density at radius 3 is 2.83 bits per heavy atom. The van der Waals surface area contributed by atoms with Crippen molar-refractivity contribution < 1.29 is 20.1 Å². The number of hydrogen-bond acceptors (Lipinski definition) is 9. The summed E-state index contributed by atoms with van der Waals surface area (Å²) in [6.07, 6.45) is 0.114. The third kappa shape index (κ3) is 4.37. The number of thioether (sulfide) groups is 1. The average Bonchev–Trinajstić information content (AvgIpc) is 3.39. The van der Waals surface area contributed by atoms with Crippen molar-refractivity contribution in [3.63, 3.8) is 0 Å². The highest BCUT2D eigenvalue weighted by atomic mass is 79.9. The van der Waals surface area contributed by atoms with E-state index in [1.54, 1.807) is 24.5 Å². The maximum atomic E-state index is 11.0. The van der Waals surface area contributed by atoms with Gasteiger partial charge in [-0.1, -0.05) is 28.6 Å². The second kappa shape index (κ2) is 8.98. The summed E-state index contributed by atoms with van der Waals surface area (Å²) >= 11 is 12.1. The van der Waals surface area contributed by atoms with Gasteiger partial charge >= 0.3 is 0 Å². The summed E-state index contributed by atoms with van der Waals surface area (Å²) in [7, 11) is 0. The Hall–Kier alpha value is -1.05. The zero-order chi connectivity index (χ0) is 20.5. The number of benzene rings is 1. The molecule has 1 fully saturated rings. The van der Waals surface area contributed by atoms with Crippen molar-refractivity contribution >= 4 is 50.6 Å². The van der Waals surface area contributed by atoms with Gasteiger partial charge in [-0.3, -0.25) is 0 Å². The van der Waals surface area contributed by atoms with Gasteiger partial charge in [-0.2, -0.15) is 0 Å². The molecule has 1 saturated heterocycles. The third-order valence-electron chi connectivity index (χ3n) is 4.46. The first-order chi connectivity index (χ1) is 14.0. The van der Waals surface area contributed by atoms with Crippen molar-refractivity contribution in [2.75, 3.05) is 6.61 Å². The average molecular weight is 520 g/mol. The minimum atomic E-state index is -1.17. The third-order valence-corrected chi connectivity index (χ3v) is 7.62. The topological polar surface area (TPSA) is 114 Å². The molecule has 5 atom stereocenters. The first-order valence-corrected chi connectivity index (χ1v) is 11.5. The van der Waals surface area contributed by atoms with E-state index in [1.165, 1.54) is 27.8 Å². The Morgan fingerprint density at radius 1 is 1.31 bits per heavy atom. The summed E-state index contributed by atoms with van der Waals surface area (Å²) in [5.74, 6) is 0. The predicted molar refractivity (Wildman–Crippen MR) is 113 cm³/mol. The van der Waals surface area contributed by atoms with Crippen molar-refractivity contribution in [1.82, 2.24) is 20.0 Å². The molecular formula is C17H16BrClN4O4S2. The quantitative estimate of drug-likeness (QED) is 0.471. The molecule has 1 aromatic carbocycles. The van der Waals surface area contributed by atoms with Gasteiger partial charge in [0.2, 0.25) is 0 Å². The fourth-order valence-corrected chi connectivity index (χ4v) is 5.37. The number of rotatable bonds is 5. The SMILES string of the molecule is OCC1O[C@H](Sc2ccc(Cl)c(Br)c2)C(O)[C@@H](n2cc(-c3nccs3)nn2)[C@H]1O. The first kappa shape index (κ1) is 21.2. The molecule has 0 aliphatic carbocycles. The van der Waals surface area contributed by atoms with E-state index >= 15 is 0 Å². The Morgan fingerprint density at radius 2 is 2.14 bits per heavy atom. The van der Waals surface area contributed by atoms with Crippen LogP contribution in [0.25, 0.3) is 10.7 Å². The molecule has 3 heterocycles. The summed E-state index contributed by atoms with van der Waals surface area (Å²) in [4.78, 5) is 5.00. The number of aliphatic hydroxyl groups excluding tert-OH is 3. The largest absolute Gasteiger partial charge is 0.394 e. The number of aromatic nitrogens is 4. The van der Waals surface area contributed by atoms with E-state index in [0.717, 1.165) is 4.90 Å². The molecule has 1 aliphatic heterocycles. The van der Waals surface area contributed by atoms with Crippen LogP contribution in [0.4, 0.5) is 0 Å². The summed E-state index contributed by atoms with van der Waals surface area (Å²) in [5.41, 5.74) is -0.210. The smallest absolute Gasteiger partial charge is 0.145 e. The number of halogens is 2. The predicted octanol–water partition coefficient (Wildman–Crippen LogP) is 2.59. The maximum Gasteiger partial charge on any atom is 0.145 e. The standard InChI is InChI=1S/C17H16BrClN4O4S2/c18-9-5-8(1-2-10(9)19)29-17-15(26)13(14(25)12(7-24)27-17)23-6-11(21-22-23)16-20-3-4-28-16/h1-6,12-15,17,24-26H,7H2/t12?,13-,14-,15?,17+/m0/s1. The van der Waals surface area contributed by atoms with E-state index in [2.05, 4.69) is 31.2 Å². The van der Waals surface area contributed by atoms with Crippen LogP contribution in [0.2, 0.25) is 5.02 Å². The minimum Gasteiger partial charge on any atom is -0.394 e. The van der Waals surface area contributed by atoms with Crippen LogP contribution in [0.15, 0.2) is 45.3 Å². The van der Waals surface area contributed by atoms with Crippen LogP contribution in [-0.4, -0.2) is 65.7 Å². The summed E-state index contributed by atoms with van der Waals surface area (Å²) in [6, 6.07) is 4.50. The molecule has 0 radical (unpaired) electrons. The van der Waals surface area contributed by atoms with Gasteiger partial charge in [-0.25, -0.2) is 9.67 Å². The summed E-state index contributed by atoms with van der Waals surface area (Å²) in [6.45, 7) is -0.403. The van der Waals surface area contributed by atoms with Crippen LogP contribution < -0.4 is 0 Å². The Kier molecular flexibility index (Phi) is 6.56. The Bertz CT molecular complexity index is 976. The molecule has 2 unspecified atom stereocenters. The molecule has 0 saturated carbocycles. The van der Waals surface area contributed by atoms with E-state index in [1.807, 2.05) is 11.4 Å². The fraction of sp³-hybridized carbons (Fsp3) is 0.353. The lowest BCUT2D eigenvalue weighted by atomic mass is 9.97. The van der Waals surface area contributed by atoms with Crippen LogP contribution in [0.3, 0.4) is 0 Å². The van der Waals surface area contributed by atoms with Crippen LogP contribution in [0.1, 0.15) is 6.04 Å². The molecule has 3 N–H and O–H groups in total. The summed E-state index contributed by atoms with van der Waals surface area (Å²) in [5, 5.41) is 42.6. The molecule has 1 aliphatic rings. The van der Waals surface area contributed by atoms with E-state index in [-0.39, 0.29) is 0 Å². The summed E-state index contributed by atoms with van der Waals surface area (Å²) < 4.78 is 7.88. The minimum absolute atomic E-state index is 0.403. The Balaban J connectivity index is 1.61. The molecule has 2 aromatic heterocycles. The maximum absolute atomic E-state index is 11.0. The van der Waals surface area contributed by atoms with Gasteiger partial charge in [0.15, 0.2) is 0 Å². The highest BCUT2D eigenvalue weighted by Gasteiger charge is 2.46. The van der Waals surface area contributed by atoms with Gasteiger partial charge in [-0.05, 0) is 34.1 Å². The second-order valence-corrected chi connectivity index (χ2v) is 9.64. The number of aliphatic hydroxyl groups is 3. The van der Waals surface area contributed by atoms with Crippen LogP contribution in [0, 0.1) is 0 Å². The van der Waals surface area contributed by atoms with Gasteiger partial charge in [0.1, 0.15) is 40.5 Å². The van der Waals surface area contributed by atoms with Gasteiger partial charge < -0.3 is 20.1 Å². The van der Waals surface area contributed by atoms with Crippen molar-refractivity contribution in [1.29, 1.82) is 0 Å². The Labute approximate surface area is 187 Å². The van der Waals surface area contributed by atoms with Gasteiger partial charge in [0, 0.05) is 20.9 Å². The van der Waals surface area contributed by atoms with Gasteiger partial charge in [-0.15, -0.1) is 16.4 Å². The van der Waals surface area contributed by atoms with Crippen molar-refractivity contribution in [2.24, 2.45) is 0 Å². The number of ether oxygens (including phenoxy) is 1. The molecule has 12 heteroatoms. The van der Waals surface area contributed by atoms with E-state index < -0.39 is 36.4 Å². The van der Waals surface area contributed by atoms with E-state index in [9.17, 15) is 15.3 Å². The van der Waals surface area contributed by atoms with Crippen molar-refractivity contribution in [3.05, 3.63) is 45.5 Å². The molecule has 29 heavy (non-hydrogen) atoms.